The van der Waals surface area contributed by atoms with Crippen molar-refractivity contribution in [1.82, 2.24) is 0 Å². The standard InChI is InChI=1S/C15H10Cl2O2/c16-10-5-6-13-9(7-10)8-14(19-13)15(18)11-3-1-2-4-12(11)17/h1-8,15,18H/t15-/m1/s1. The Morgan fingerprint density at radius 2 is 1.79 bits per heavy atom. The molecule has 2 nitrogen and oxygen atoms in total. The van der Waals surface area contributed by atoms with Crippen LogP contribution in [0.1, 0.15) is 17.4 Å². The number of hydrogen-bond acceptors (Lipinski definition) is 2. The van der Waals surface area contributed by atoms with Gasteiger partial charge in [-0.05, 0) is 30.3 Å². The highest BCUT2D eigenvalue weighted by Crippen LogP contribution is 2.32. The first kappa shape index (κ1) is 12.5. The van der Waals surface area contributed by atoms with Crippen molar-refractivity contribution in [1.29, 1.82) is 0 Å². The predicted octanol–water partition coefficient (Wildman–Crippen LogP) is 4.82. The minimum atomic E-state index is -0.889. The Morgan fingerprint density at radius 1 is 1.00 bits per heavy atom. The number of hydrogen-bond donors (Lipinski definition) is 1. The first-order valence-corrected chi connectivity index (χ1v) is 6.52. The van der Waals surface area contributed by atoms with Gasteiger partial charge in [-0.2, -0.15) is 0 Å². The molecule has 19 heavy (non-hydrogen) atoms. The molecule has 0 aliphatic rings. The van der Waals surface area contributed by atoms with Crippen molar-refractivity contribution in [3.8, 4) is 0 Å². The summed E-state index contributed by atoms with van der Waals surface area (Å²) in [5.74, 6) is 0.449. The van der Waals surface area contributed by atoms with Crippen LogP contribution in [-0.4, -0.2) is 5.11 Å². The zero-order chi connectivity index (χ0) is 13.4. The zero-order valence-corrected chi connectivity index (χ0v) is 11.3. The first-order valence-electron chi connectivity index (χ1n) is 5.76. The van der Waals surface area contributed by atoms with Crippen LogP contribution in [0, 0.1) is 0 Å². The predicted molar refractivity (Wildman–Crippen MR) is 76.7 cm³/mol. The second-order valence-corrected chi connectivity index (χ2v) is 5.10. The molecular weight excluding hydrogens is 283 g/mol. The van der Waals surface area contributed by atoms with Gasteiger partial charge < -0.3 is 9.52 Å². The fraction of sp³-hybridized carbons (Fsp3) is 0.0667. The van der Waals surface area contributed by atoms with Crippen molar-refractivity contribution < 1.29 is 9.52 Å². The molecular formula is C15H10Cl2O2. The fourth-order valence-electron chi connectivity index (χ4n) is 2.02. The smallest absolute Gasteiger partial charge is 0.138 e. The lowest BCUT2D eigenvalue weighted by molar-refractivity contribution is 0.192. The number of aliphatic hydroxyl groups excluding tert-OH is 1. The minimum Gasteiger partial charge on any atom is -0.458 e. The summed E-state index contributed by atoms with van der Waals surface area (Å²) in [6.45, 7) is 0. The highest BCUT2D eigenvalue weighted by molar-refractivity contribution is 6.31. The summed E-state index contributed by atoms with van der Waals surface area (Å²) in [7, 11) is 0. The minimum absolute atomic E-state index is 0.449. The lowest BCUT2D eigenvalue weighted by Crippen LogP contribution is -1.98. The SMILES string of the molecule is O[C@@H](c1cc2cc(Cl)ccc2o1)c1ccccc1Cl. The van der Waals surface area contributed by atoms with Gasteiger partial charge in [0, 0.05) is 21.0 Å². The van der Waals surface area contributed by atoms with Crippen LogP contribution in [0.3, 0.4) is 0 Å². The van der Waals surface area contributed by atoms with Gasteiger partial charge in [-0.25, -0.2) is 0 Å². The maximum Gasteiger partial charge on any atom is 0.138 e. The van der Waals surface area contributed by atoms with E-state index >= 15 is 0 Å². The molecule has 0 saturated heterocycles. The molecule has 1 atom stereocenters. The molecule has 3 rings (SSSR count). The number of fused-ring (bicyclic) bond motifs is 1. The molecule has 0 aliphatic heterocycles. The lowest BCUT2D eigenvalue weighted by Gasteiger charge is -2.09. The molecule has 1 aromatic heterocycles. The van der Waals surface area contributed by atoms with Crippen molar-refractivity contribution in [2.24, 2.45) is 0 Å². The van der Waals surface area contributed by atoms with E-state index in [9.17, 15) is 5.11 Å². The molecule has 2 aromatic carbocycles. The van der Waals surface area contributed by atoms with Gasteiger partial charge in [0.15, 0.2) is 0 Å². The van der Waals surface area contributed by atoms with Crippen LogP contribution in [0.4, 0.5) is 0 Å². The summed E-state index contributed by atoms with van der Waals surface area (Å²) < 4.78 is 5.63. The fourth-order valence-corrected chi connectivity index (χ4v) is 2.44. The zero-order valence-electron chi connectivity index (χ0n) is 9.81. The number of benzene rings is 2. The Kier molecular flexibility index (Phi) is 3.23. The van der Waals surface area contributed by atoms with Crippen molar-refractivity contribution in [3.05, 3.63) is 69.9 Å². The molecule has 0 amide bonds. The van der Waals surface area contributed by atoms with Crippen LogP contribution in [0.5, 0.6) is 0 Å². The van der Waals surface area contributed by atoms with E-state index in [1.165, 1.54) is 0 Å². The molecule has 1 heterocycles. The third-order valence-corrected chi connectivity index (χ3v) is 3.55. The highest BCUT2D eigenvalue weighted by Gasteiger charge is 2.17. The van der Waals surface area contributed by atoms with Crippen LogP contribution in [-0.2, 0) is 0 Å². The van der Waals surface area contributed by atoms with Gasteiger partial charge in [-0.3, -0.25) is 0 Å². The summed E-state index contributed by atoms with van der Waals surface area (Å²) in [5.41, 5.74) is 1.31. The monoisotopic (exact) mass is 292 g/mol. The van der Waals surface area contributed by atoms with Crippen LogP contribution < -0.4 is 0 Å². The molecule has 0 radical (unpaired) electrons. The van der Waals surface area contributed by atoms with Crippen molar-refractivity contribution in [2.75, 3.05) is 0 Å². The third-order valence-electron chi connectivity index (χ3n) is 2.97. The van der Waals surface area contributed by atoms with Crippen LogP contribution >= 0.6 is 23.2 Å². The maximum absolute atomic E-state index is 10.3. The number of aliphatic hydroxyl groups is 1. The van der Waals surface area contributed by atoms with Gasteiger partial charge in [0.1, 0.15) is 17.4 Å². The number of halogens is 2. The quantitative estimate of drug-likeness (QED) is 0.734. The molecule has 0 spiro atoms. The molecule has 4 heteroatoms. The Bertz CT molecular complexity index is 734. The topological polar surface area (TPSA) is 33.4 Å². The second kappa shape index (κ2) is 4.89. The average molecular weight is 293 g/mol. The van der Waals surface area contributed by atoms with E-state index in [-0.39, 0.29) is 0 Å². The van der Waals surface area contributed by atoms with Gasteiger partial charge in [0.2, 0.25) is 0 Å². The highest BCUT2D eigenvalue weighted by atomic mass is 35.5. The van der Waals surface area contributed by atoms with Gasteiger partial charge in [0.25, 0.3) is 0 Å². The summed E-state index contributed by atoms with van der Waals surface area (Å²) >= 11 is 12.0. The first-order chi connectivity index (χ1) is 9.15. The van der Waals surface area contributed by atoms with Gasteiger partial charge >= 0.3 is 0 Å². The van der Waals surface area contributed by atoms with Crippen molar-refractivity contribution >= 4 is 34.2 Å². The normalized spacial score (nSPS) is 12.8. The van der Waals surface area contributed by atoms with Crippen molar-refractivity contribution in [2.45, 2.75) is 6.10 Å². The molecule has 96 valence electrons. The van der Waals surface area contributed by atoms with Crippen molar-refractivity contribution in [3.63, 3.8) is 0 Å². The van der Waals surface area contributed by atoms with E-state index in [1.54, 1.807) is 36.4 Å². The summed E-state index contributed by atoms with van der Waals surface area (Å²) in [6.07, 6.45) is -0.889. The molecule has 0 fully saturated rings. The average Bonchev–Trinajstić information content (AvgIpc) is 2.81. The molecule has 3 aromatic rings. The van der Waals surface area contributed by atoms with E-state index in [0.717, 1.165) is 5.39 Å². The summed E-state index contributed by atoms with van der Waals surface area (Å²) in [6, 6.07) is 14.2. The summed E-state index contributed by atoms with van der Waals surface area (Å²) in [4.78, 5) is 0. The van der Waals surface area contributed by atoms with Gasteiger partial charge in [-0.15, -0.1) is 0 Å². The van der Waals surface area contributed by atoms with E-state index in [0.29, 0.717) is 27.0 Å². The van der Waals surface area contributed by atoms with E-state index in [1.807, 2.05) is 12.1 Å². The molecule has 0 aliphatic carbocycles. The largest absolute Gasteiger partial charge is 0.458 e. The number of furan rings is 1. The third kappa shape index (κ3) is 2.35. The Morgan fingerprint density at radius 3 is 2.58 bits per heavy atom. The van der Waals surface area contributed by atoms with Crippen LogP contribution in [0.25, 0.3) is 11.0 Å². The van der Waals surface area contributed by atoms with E-state index in [4.69, 9.17) is 27.6 Å². The van der Waals surface area contributed by atoms with Gasteiger partial charge in [-0.1, -0.05) is 41.4 Å². The molecule has 0 bridgehead atoms. The second-order valence-electron chi connectivity index (χ2n) is 4.25. The number of rotatable bonds is 2. The lowest BCUT2D eigenvalue weighted by atomic mass is 10.1. The Balaban J connectivity index is 2.07. The van der Waals surface area contributed by atoms with E-state index in [2.05, 4.69) is 0 Å². The van der Waals surface area contributed by atoms with E-state index < -0.39 is 6.10 Å². The molecule has 0 saturated carbocycles. The van der Waals surface area contributed by atoms with Crippen LogP contribution in [0.2, 0.25) is 10.0 Å². The maximum atomic E-state index is 10.3. The summed E-state index contributed by atoms with van der Waals surface area (Å²) in [5, 5.41) is 12.3. The Hall–Kier alpha value is -1.48. The van der Waals surface area contributed by atoms with Gasteiger partial charge in [0.05, 0.1) is 0 Å². The molecule has 1 N–H and O–H groups in total. The molecule has 0 unspecified atom stereocenters. The van der Waals surface area contributed by atoms with Crippen LogP contribution in [0.15, 0.2) is 52.9 Å². The Labute approximate surface area is 120 Å².